The van der Waals surface area contributed by atoms with Crippen molar-refractivity contribution < 1.29 is 14.3 Å². The Hall–Kier alpha value is -2.25. The standard InChI is InChI=1S/C24H30BrN3O3/c1-28-13-12-24(16-4-9-20(30-2)21(14-16)31-3)11-10-19(15-22(24)28)27-23(29)26-18-7-5-17(25)6-8-18/h4-9,14,19,22H,10-13,15H2,1-3H3,(H2,26,27,29)/t19-,22+,24+/m1/s1. The minimum atomic E-state index is -0.147. The van der Waals surface area contributed by atoms with Gasteiger partial charge in [0.15, 0.2) is 11.5 Å². The Morgan fingerprint density at radius 2 is 1.84 bits per heavy atom. The lowest BCUT2D eigenvalue weighted by Crippen LogP contribution is -2.52. The van der Waals surface area contributed by atoms with Crippen molar-refractivity contribution in [2.45, 2.75) is 43.2 Å². The van der Waals surface area contributed by atoms with E-state index in [9.17, 15) is 4.79 Å². The maximum Gasteiger partial charge on any atom is 0.319 e. The van der Waals surface area contributed by atoms with E-state index in [4.69, 9.17) is 9.47 Å². The smallest absolute Gasteiger partial charge is 0.319 e. The third kappa shape index (κ3) is 4.39. The number of likely N-dealkylation sites (tertiary alicyclic amines) is 1. The second-order valence-electron chi connectivity index (χ2n) is 8.55. The van der Waals surface area contributed by atoms with E-state index in [1.165, 1.54) is 5.56 Å². The van der Waals surface area contributed by atoms with E-state index in [0.717, 1.165) is 53.9 Å². The molecular weight excluding hydrogens is 458 g/mol. The van der Waals surface area contributed by atoms with Gasteiger partial charge in [0.25, 0.3) is 0 Å². The highest BCUT2D eigenvalue weighted by Gasteiger charge is 2.50. The molecule has 2 aromatic carbocycles. The highest BCUT2D eigenvalue weighted by Crippen LogP contribution is 2.49. The molecule has 2 fully saturated rings. The number of ether oxygens (including phenoxy) is 2. The van der Waals surface area contributed by atoms with E-state index in [2.05, 4.69) is 50.6 Å². The molecule has 2 aromatic rings. The van der Waals surface area contributed by atoms with Crippen molar-refractivity contribution in [2.75, 3.05) is 33.1 Å². The number of fused-ring (bicyclic) bond motifs is 1. The van der Waals surface area contributed by atoms with Crippen LogP contribution in [0.2, 0.25) is 0 Å². The van der Waals surface area contributed by atoms with Crippen LogP contribution in [0.5, 0.6) is 11.5 Å². The van der Waals surface area contributed by atoms with Crippen LogP contribution in [0.4, 0.5) is 10.5 Å². The van der Waals surface area contributed by atoms with E-state index in [1.54, 1.807) is 14.2 Å². The fraction of sp³-hybridized carbons (Fsp3) is 0.458. The first-order valence-corrected chi connectivity index (χ1v) is 11.5. The number of anilines is 1. The number of amides is 2. The van der Waals surface area contributed by atoms with Crippen molar-refractivity contribution in [3.63, 3.8) is 0 Å². The number of hydrogen-bond acceptors (Lipinski definition) is 4. The van der Waals surface area contributed by atoms with Gasteiger partial charge < -0.3 is 25.0 Å². The topological polar surface area (TPSA) is 62.8 Å². The highest BCUT2D eigenvalue weighted by molar-refractivity contribution is 9.10. The summed E-state index contributed by atoms with van der Waals surface area (Å²) in [4.78, 5) is 15.0. The number of halogens is 1. The van der Waals surface area contributed by atoms with Crippen LogP contribution in [0.1, 0.15) is 31.2 Å². The van der Waals surface area contributed by atoms with Crippen LogP contribution in [-0.4, -0.2) is 50.8 Å². The van der Waals surface area contributed by atoms with Crippen molar-refractivity contribution in [3.8, 4) is 11.5 Å². The van der Waals surface area contributed by atoms with E-state index in [0.29, 0.717) is 6.04 Å². The van der Waals surface area contributed by atoms with Gasteiger partial charge in [-0.15, -0.1) is 0 Å². The first-order valence-electron chi connectivity index (χ1n) is 10.7. The monoisotopic (exact) mass is 487 g/mol. The molecule has 1 saturated heterocycles. The van der Waals surface area contributed by atoms with Gasteiger partial charge in [-0.1, -0.05) is 22.0 Å². The van der Waals surface area contributed by atoms with Gasteiger partial charge in [-0.05, 0) is 81.2 Å². The van der Waals surface area contributed by atoms with E-state index in [1.807, 2.05) is 30.3 Å². The number of rotatable bonds is 5. The van der Waals surface area contributed by atoms with Gasteiger partial charge >= 0.3 is 6.03 Å². The number of urea groups is 1. The van der Waals surface area contributed by atoms with Gasteiger partial charge in [0.2, 0.25) is 0 Å². The summed E-state index contributed by atoms with van der Waals surface area (Å²) in [7, 11) is 5.54. The number of methoxy groups -OCH3 is 2. The maximum absolute atomic E-state index is 12.6. The Labute approximate surface area is 192 Å². The lowest BCUT2D eigenvalue weighted by Gasteiger charge is -2.45. The number of likely N-dealkylation sites (N-methyl/N-ethyl adjacent to an activating group) is 1. The van der Waals surface area contributed by atoms with Crippen molar-refractivity contribution in [1.82, 2.24) is 10.2 Å². The largest absolute Gasteiger partial charge is 0.493 e. The lowest BCUT2D eigenvalue weighted by molar-refractivity contribution is 0.156. The van der Waals surface area contributed by atoms with Crippen LogP contribution in [0.3, 0.4) is 0 Å². The second-order valence-corrected chi connectivity index (χ2v) is 9.46. The van der Waals surface area contributed by atoms with Crippen LogP contribution < -0.4 is 20.1 Å². The van der Waals surface area contributed by atoms with E-state index >= 15 is 0 Å². The molecule has 6 nitrogen and oxygen atoms in total. The number of nitrogens with zero attached hydrogens (tertiary/aromatic N) is 1. The third-order valence-corrected chi connectivity index (χ3v) is 7.45. The van der Waals surface area contributed by atoms with Gasteiger partial charge in [-0.2, -0.15) is 0 Å². The Balaban J connectivity index is 1.47. The molecule has 1 aliphatic heterocycles. The Bertz CT molecular complexity index is 936. The molecule has 0 radical (unpaired) electrons. The summed E-state index contributed by atoms with van der Waals surface area (Å²) >= 11 is 3.42. The van der Waals surface area contributed by atoms with E-state index < -0.39 is 0 Å². The summed E-state index contributed by atoms with van der Waals surface area (Å²) in [6, 6.07) is 14.3. The molecule has 166 valence electrons. The summed E-state index contributed by atoms with van der Waals surface area (Å²) in [6.45, 7) is 1.05. The Kier molecular flexibility index (Phi) is 6.44. The molecule has 31 heavy (non-hydrogen) atoms. The zero-order valence-electron chi connectivity index (χ0n) is 18.3. The van der Waals surface area contributed by atoms with Crippen LogP contribution in [0.25, 0.3) is 0 Å². The molecule has 2 N–H and O–H groups in total. The predicted molar refractivity (Wildman–Crippen MR) is 126 cm³/mol. The average molecular weight is 488 g/mol. The minimum absolute atomic E-state index is 0.0780. The van der Waals surface area contributed by atoms with Crippen LogP contribution in [-0.2, 0) is 5.41 Å². The zero-order chi connectivity index (χ0) is 22.0. The fourth-order valence-corrected chi connectivity index (χ4v) is 5.54. The van der Waals surface area contributed by atoms with Crippen LogP contribution in [0, 0.1) is 0 Å². The number of carbonyl (C=O) groups is 1. The molecule has 0 bridgehead atoms. The van der Waals surface area contributed by atoms with Gasteiger partial charge in [0, 0.05) is 27.7 Å². The molecule has 1 aliphatic carbocycles. The number of benzene rings is 2. The quantitative estimate of drug-likeness (QED) is 0.636. The van der Waals surface area contributed by atoms with Crippen molar-refractivity contribution in [1.29, 1.82) is 0 Å². The van der Waals surface area contributed by atoms with Crippen molar-refractivity contribution in [3.05, 3.63) is 52.5 Å². The number of nitrogens with one attached hydrogen (secondary N) is 2. The first kappa shape index (κ1) is 22.0. The minimum Gasteiger partial charge on any atom is -0.493 e. The Morgan fingerprint density at radius 3 is 2.55 bits per heavy atom. The molecule has 3 atom stereocenters. The molecular formula is C24H30BrN3O3. The summed E-state index contributed by atoms with van der Waals surface area (Å²) in [5, 5.41) is 6.13. The molecule has 7 heteroatoms. The molecule has 4 rings (SSSR count). The molecule has 0 aromatic heterocycles. The molecule has 0 spiro atoms. The fourth-order valence-electron chi connectivity index (χ4n) is 5.28. The molecule has 1 saturated carbocycles. The summed E-state index contributed by atoms with van der Waals surface area (Å²) in [5.41, 5.74) is 2.17. The third-order valence-electron chi connectivity index (χ3n) is 6.92. The average Bonchev–Trinajstić information content (AvgIpc) is 3.12. The van der Waals surface area contributed by atoms with Crippen LogP contribution in [0.15, 0.2) is 46.9 Å². The summed E-state index contributed by atoms with van der Waals surface area (Å²) in [6.07, 6.45) is 4.02. The van der Waals surface area contributed by atoms with Gasteiger partial charge in [0.1, 0.15) is 0 Å². The van der Waals surface area contributed by atoms with Crippen molar-refractivity contribution in [2.24, 2.45) is 0 Å². The predicted octanol–water partition coefficient (Wildman–Crippen LogP) is 4.78. The number of carbonyl (C=O) groups excluding carboxylic acids is 1. The lowest BCUT2D eigenvalue weighted by atomic mass is 9.65. The van der Waals surface area contributed by atoms with E-state index in [-0.39, 0.29) is 17.5 Å². The molecule has 1 heterocycles. The maximum atomic E-state index is 12.6. The molecule has 2 amide bonds. The second kappa shape index (κ2) is 9.09. The normalized spacial score (nSPS) is 25.5. The summed E-state index contributed by atoms with van der Waals surface area (Å²) in [5.74, 6) is 1.53. The van der Waals surface area contributed by atoms with Gasteiger partial charge in [0.05, 0.1) is 14.2 Å². The van der Waals surface area contributed by atoms with Crippen LogP contribution >= 0.6 is 15.9 Å². The Morgan fingerprint density at radius 1 is 1.10 bits per heavy atom. The van der Waals surface area contributed by atoms with Gasteiger partial charge in [-0.25, -0.2) is 4.79 Å². The highest BCUT2D eigenvalue weighted by atomic mass is 79.9. The van der Waals surface area contributed by atoms with Gasteiger partial charge in [-0.3, -0.25) is 0 Å². The SMILES string of the molecule is COc1ccc([C@@]23CC[C@@H](NC(=O)Nc4ccc(Br)cc4)C[C@@H]2N(C)CC3)cc1OC. The first-order chi connectivity index (χ1) is 14.9. The zero-order valence-corrected chi connectivity index (χ0v) is 19.9. The molecule has 0 unspecified atom stereocenters. The van der Waals surface area contributed by atoms with Crippen molar-refractivity contribution >= 4 is 27.6 Å². The molecule has 2 aliphatic rings. The summed E-state index contributed by atoms with van der Waals surface area (Å²) < 4.78 is 12.0. The number of hydrogen-bond donors (Lipinski definition) is 2.